The predicted molar refractivity (Wildman–Crippen MR) is 158 cm³/mol. The minimum atomic E-state index is -0.368. The Kier molecular flexibility index (Phi) is 26.2. The molecule has 0 bridgehead atoms. The van der Waals surface area contributed by atoms with Crippen molar-refractivity contribution in [1.29, 1.82) is 5.26 Å². The van der Waals surface area contributed by atoms with Crippen LogP contribution in [-0.4, -0.2) is 5.91 Å². The Morgan fingerprint density at radius 3 is 1.17 bits per heavy atom. The van der Waals surface area contributed by atoms with Crippen LogP contribution >= 0.6 is 0 Å². The Labute approximate surface area is 219 Å². The fraction of sp³-hybridized carbons (Fsp3) is 0.562. The van der Waals surface area contributed by atoms with E-state index in [0.717, 1.165) is 18.4 Å². The average Bonchev–Trinajstić information content (AvgIpc) is 2.83. The molecule has 0 saturated heterocycles. The SMILES string of the molecule is CC.CC.CC.CC.CC(C)(C)Cc1ccc(C#N)cc1.CC(C)(C)Cc1ccc(C(N)=O)cc1. The summed E-state index contributed by atoms with van der Waals surface area (Å²) in [5.74, 6) is -0.368. The first-order valence-corrected chi connectivity index (χ1v) is 13.3. The van der Waals surface area contributed by atoms with E-state index < -0.39 is 0 Å². The Morgan fingerprint density at radius 2 is 0.943 bits per heavy atom. The van der Waals surface area contributed by atoms with Crippen molar-refractivity contribution < 1.29 is 4.79 Å². The Bertz CT molecular complexity index is 769. The van der Waals surface area contributed by atoms with Gasteiger partial charge in [-0.25, -0.2) is 0 Å². The monoisotopic (exact) mass is 484 g/mol. The average molecular weight is 485 g/mol. The minimum absolute atomic E-state index is 0.272. The van der Waals surface area contributed by atoms with Crippen molar-refractivity contribution in [3.63, 3.8) is 0 Å². The van der Waals surface area contributed by atoms with Crippen molar-refractivity contribution in [1.82, 2.24) is 0 Å². The van der Waals surface area contributed by atoms with Gasteiger partial charge in [-0.1, -0.05) is 121 Å². The lowest BCUT2D eigenvalue weighted by atomic mass is 9.88. The second-order valence-corrected chi connectivity index (χ2v) is 9.34. The highest BCUT2D eigenvalue weighted by Crippen LogP contribution is 2.21. The number of carbonyl (C=O) groups excluding carboxylic acids is 1. The third-order valence-corrected chi connectivity index (χ3v) is 3.79. The number of amides is 1. The molecule has 0 spiro atoms. The summed E-state index contributed by atoms with van der Waals surface area (Å²) in [6, 6.07) is 17.4. The lowest BCUT2D eigenvalue weighted by Gasteiger charge is -2.17. The Balaban J connectivity index is -0.000000214. The number of rotatable bonds is 3. The van der Waals surface area contributed by atoms with E-state index in [9.17, 15) is 4.79 Å². The maximum absolute atomic E-state index is 10.8. The quantitative estimate of drug-likeness (QED) is 0.471. The molecule has 0 unspecified atom stereocenters. The number of hydrogen-bond acceptors (Lipinski definition) is 2. The van der Waals surface area contributed by atoms with E-state index in [1.807, 2.05) is 91.8 Å². The molecule has 2 N–H and O–H groups in total. The van der Waals surface area contributed by atoms with E-state index in [1.165, 1.54) is 11.1 Å². The molecular formula is C32H56N2O. The molecule has 3 nitrogen and oxygen atoms in total. The Morgan fingerprint density at radius 1 is 0.657 bits per heavy atom. The lowest BCUT2D eigenvalue weighted by Crippen LogP contribution is -2.12. The third-order valence-electron chi connectivity index (χ3n) is 3.79. The predicted octanol–water partition coefficient (Wildman–Crippen LogP) is 9.63. The van der Waals surface area contributed by atoms with Crippen molar-refractivity contribution in [2.45, 2.75) is 110 Å². The summed E-state index contributed by atoms with van der Waals surface area (Å²) in [5, 5.41) is 8.61. The molecule has 1 amide bonds. The van der Waals surface area contributed by atoms with Crippen molar-refractivity contribution in [3.8, 4) is 6.07 Å². The van der Waals surface area contributed by atoms with Crippen molar-refractivity contribution in [3.05, 3.63) is 70.8 Å². The zero-order valence-corrected chi connectivity index (χ0v) is 25.5. The van der Waals surface area contributed by atoms with E-state index >= 15 is 0 Å². The molecule has 200 valence electrons. The lowest BCUT2D eigenvalue weighted by molar-refractivity contribution is 0.100. The molecule has 2 aromatic rings. The van der Waals surface area contributed by atoms with Gasteiger partial charge in [0.15, 0.2) is 0 Å². The number of primary amides is 1. The molecule has 3 heteroatoms. The van der Waals surface area contributed by atoms with E-state index in [4.69, 9.17) is 11.0 Å². The van der Waals surface area contributed by atoms with Gasteiger partial charge in [0.25, 0.3) is 0 Å². The summed E-state index contributed by atoms with van der Waals surface area (Å²) in [5.41, 5.74) is 9.58. The highest BCUT2D eigenvalue weighted by molar-refractivity contribution is 5.92. The number of benzene rings is 2. The fourth-order valence-corrected chi connectivity index (χ4v) is 2.71. The van der Waals surface area contributed by atoms with Crippen LogP contribution in [0.3, 0.4) is 0 Å². The molecule has 0 aliphatic heterocycles. The van der Waals surface area contributed by atoms with E-state index in [0.29, 0.717) is 11.0 Å². The molecule has 0 atom stereocenters. The second kappa shape index (κ2) is 23.2. The summed E-state index contributed by atoms with van der Waals surface area (Å²) in [4.78, 5) is 10.8. The number of hydrogen-bond donors (Lipinski definition) is 1. The number of nitrogens with zero attached hydrogens (tertiary/aromatic N) is 1. The van der Waals surface area contributed by atoms with Gasteiger partial charge in [0.1, 0.15) is 0 Å². The van der Waals surface area contributed by atoms with Crippen LogP contribution in [0.4, 0.5) is 0 Å². The molecule has 35 heavy (non-hydrogen) atoms. The summed E-state index contributed by atoms with van der Waals surface area (Å²) in [7, 11) is 0. The maximum Gasteiger partial charge on any atom is 0.248 e. The fourth-order valence-electron chi connectivity index (χ4n) is 2.71. The topological polar surface area (TPSA) is 66.9 Å². The zero-order valence-electron chi connectivity index (χ0n) is 25.5. The first-order valence-electron chi connectivity index (χ1n) is 13.3. The van der Waals surface area contributed by atoms with E-state index in [2.05, 4.69) is 47.6 Å². The van der Waals surface area contributed by atoms with Crippen LogP contribution in [0.25, 0.3) is 0 Å². The smallest absolute Gasteiger partial charge is 0.248 e. The third kappa shape index (κ3) is 24.3. The molecule has 0 aliphatic rings. The van der Waals surface area contributed by atoms with E-state index in [-0.39, 0.29) is 11.3 Å². The van der Waals surface area contributed by atoms with E-state index in [1.54, 1.807) is 12.1 Å². The summed E-state index contributed by atoms with van der Waals surface area (Å²) in [6.07, 6.45) is 2.06. The highest BCUT2D eigenvalue weighted by atomic mass is 16.1. The van der Waals surface area contributed by atoms with Crippen LogP contribution in [0.5, 0.6) is 0 Å². The molecule has 2 rings (SSSR count). The first-order chi connectivity index (χ1) is 16.4. The molecule has 0 radical (unpaired) electrons. The minimum Gasteiger partial charge on any atom is -0.366 e. The summed E-state index contributed by atoms with van der Waals surface area (Å²) < 4.78 is 0. The van der Waals surface area contributed by atoms with Gasteiger partial charge in [0.05, 0.1) is 11.6 Å². The standard InChI is InChI=1S/C12H17NO.C12H15N.4C2H6/c1-12(2,3)8-9-4-6-10(7-5-9)11(13)14;1-12(2,3)8-10-4-6-11(9-13)7-5-10;4*1-2/h4-7H,8H2,1-3H3,(H2,13,14);4-7H,8H2,1-3H3;4*1-2H3. The normalized spacial score (nSPS) is 9.29. The molecule has 0 aromatic heterocycles. The molecule has 2 aromatic carbocycles. The van der Waals surface area contributed by atoms with Gasteiger partial charge >= 0.3 is 0 Å². The molecular weight excluding hydrogens is 428 g/mol. The Hall–Kier alpha value is -2.60. The van der Waals surface area contributed by atoms with Gasteiger partial charge in [-0.3, -0.25) is 4.79 Å². The van der Waals surface area contributed by atoms with Crippen LogP contribution in [0.15, 0.2) is 48.5 Å². The van der Waals surface area contributed by atoms with Gasteiger partial charge in [-0.2, -0.15) is 5.26 Å². The molecule has 0 saturated carbocycles. The zero-order chi connectivity index (χ0) is 28.7. The summed E-state index contributed by atoms with van der Waals surface area (Å²) >= 11 is 0. The van der Waals surface area contributed by atoms with Crippen LogP contribution in [0.2, 0.25) is 0 Å². The van der Waals surface area contributed by atoms with Crippen LogP contribution in [0.1, 0.15) is 124 Å². The number of carbonyl (C=O) groups is 1. The number of nitriles is 1. The van der Waals surface area contributed by atoms with Crippen LogP contribution < -0.4 is 5.73 Å². The van der Waals surface area contributed by atoms with Gasteiger partial charge in [-0.05, 0) is 59.1 Å². The highest BCUT2D eigenvalue weighted by Gasteiger charge is 2.11. The molecule has 0 aliphatic carbocycles. The van der Waals surface area contributed by atoms with Crippen molar-refractivity contribution in [2.24, 2.45) is 16.6 Å². The van der Waals surface area contributed by atoms with Crippen molar-refractivity contribution in [2.75, 3.05) is 0 Å². The molecule has 0 heterocycles. The number of nitrogens with two attached hydrogens (primary N) is 1. The summed E-state index contributed by atoms with van der Waals surface area (Å²) in [6.45, 7) is 29.2. The van der Waals surface area contributed by atoms with Gasteiger partial charge in [0, 0.05) is 5.56 Å². The molecule has 0 fully saturated rings. The van der Waals surface area contributed by atoms with Gasteiger partial charge in [0.2, 0.25) is 5.91 Å². The largest absolute Gasteiger partial charge is 0.366 e. The maximum atomic E-state index is 10.8. The second-order valence-electron chi connectivity index (χ2n) is 9.34. The van der Waals surface area contributed by atoms with Crippen LogP contribution in [-0.2, 0) is 12.8 Å². The van der Waals surface area contributed by atoms with Gasteiger partial charge in [-0.15, -0.1) is 0 Å². The van der Waals surface area contributed by atoms with Crippen molar-refractivity contribution >= 4 is 5.91 Å². The van der Waals surface area contributed by atoms with Crippen LogP contribution in [0, 0.1) is 22.2 Å². The van der Waals surface area contributed by atoms with Gasteiger partial charge < -0.3 is 5.73 Å². The first kappa shape index (κ1) is 39.6.